The van der Waals surface area contributed by atoms with Crippen molar-refractivity contribution in [2.75, 3.05) is 0 Å². The van der Waals surface area contributed by atoms with E-state index in [-0.39, 0.29) is 0 Å². The first-order chi connectivity index (χ1) is 24.7. The molecule has 0 radical (unpaired) electrons. The van der Waals surface area contributed by atoms with Crippen LogP contribution < -0.4 is 0 Å². The number of aliphatic hydroxyl groups excluding tert-OH is 1. The number of hydrogen-bond donors (Lipinski definition) is 6. The third kappa shape index (κ3) is 4.72. The maximum Gasteiger partial charge on any atom is 0.207 e. The molecule has 5 aromatic carbocycles. The van der Waals surface area contributed by atoms with Crippen molar-refractivity contribution in [1.82, 2.24) is 0 Å². The second-order valence-corrected chi connectivity index (χ2v) is 12.5. The van der Waals surface area contributed by atoms with Crippen molar-refractivity contribution < 1.29 is 54.6 Å². The Morgan fingerprint density at radius 1 is 0.327 bits per heavy atom. The first-order valence-corrected chi connectivity index (χ1v) is 16.0. The molecule has 1 aliphatic carbocycles. The highest BCUT2D eigenvalue weighted by atomic mass is 16.5. The van der Waals surface area contributed by atoms with Crippen molar-refractivity contribution in [3.8, 4) is 0 Å². The Hall–Kier alpha value is -5.79. The van der Waals surface area contributed by atoms with Gasteiger partial charge in [-0.2, -0.15) is 0 Å². The summed E-state index contributed by atoms with van der Waals surface area (Å²) in [4.78, 5) is 74.2. The minimum Gasteiger partial charge on any atom is -0.386 e. The molecule has 6 rings (SSSR count). The molecule has 11 heteroatoms. The van der Waals surface area contributed by atoms with Crippen molar-refractivity contribution in [3.05, 3.63) is 179 Å². The monoisotopic (exact) mass is 700 g/mol. The Labute approximate surface area is 296 Å². The van der Waals surface area contributed by atoms with E-state index in [4.69, 9.17) is 0 Å². The van der Waals surface area contributed by atoms with Gasteiger partial charge in [-0.1, -0.05) is 152 Å². The van der Waals surface area contributed by atoms with Gasteiger partial charge in [-0.15, -0.1) is 0 Å². The molecule has 1 fully saturated rings. The van der Waals surface area contributed by atoms with Crippen LogP contribution in [-0.4, -0.2) is 93.7 Å². The van der Waals surface area contributed by atoms with E-state index in [1.165, 1.54) is 91.0 Å². The molecule has 6 N–H and O–H groups in total. The van der Waals surface area contributed by atoms with Crippen LogP contribution in [0.5, 0.6) is 0 Å². The van der Waals surface area contributed by atoms with E-state index < -0.39 is 90.8 Å². The van der Waals surface area contributed by atoms with Crippen LogP contribution in [0.4, 0.5) is 0 Å². The smallest absolute Gasteiger partial charge is 0.207 e. The van der Waals surface area contributed by atoms with Crippen LogP contribution in [0.2, 0.25) is 0 Å². The Bertz CT molecular complexity index is 2030. The molecule has 1 aliphatic rings. The predicted molar refractivity (Wildman–Crippen MR) is 185 cm³/mol. The molecule has 0 bridgehead atoms. The molecule has 0 spiro atoms. The minimum atomic E-state index is -4.56. The summed E-state index contributed by atoms with van der Waals surface area (Å²) < 4.78 is 0. The van der Waals surface area contributed by atoms with Crippen molar-refractivity contribution in [3.63, 3.8) is 0 Å². The van der Waals surface area contributed by atoms with E-state index in [1.807, 2.05) is 0 Å². The highest BCUT2D eigenvalue weighted by molar-refractivity contribution is 6.25. The van der Waals surface area contributed by atoms with Crippen molar-refractivity contribution in [2.24, 2.45) is 0 Å². The quantitative estimate of drug-likeness (QED) is 0.117. The topological polar surface area (TPSA) is 207 Å². The molecule has 0 amide bonds. The number of rotatable bonds is 10. The number of aliphatic hydroxyl groups is 6. The summed E-state index contributed by atoms with van der Waals surface area (Å²) in [6, 6.07) is 31.0. The van der Waals surface area contributed by atoms with Crippen LogP contribution in [0.3, 0.4) is 0 Å². The summed E-state index contributed by atoms with van der Waals surface area (Å²) in [5.74, 6) is -9.07. The van der Waals surface area contributed by atoms with E-state index in [0.717, 1.165) is 60.7 Å². The molecule has 0 heterocycles. The Morgan fingerprint density at radius 2 is 0.519 bits per heavy atom. The summed E-state index contributed by atoms with van der Waals surface area (Å²) in [5.41, 5.74) is -24.9. The Balaban J connectivity index is 1.85. The predicted octanol–water partition coefficient (Wildman–Crippen LogP) is 2.43. The van der Waals surface area contributed by atoms with Crippen LogP contribution >= 0.6 is 0 Å². The molecular weight excluding hydrogens is 668 g/mol. The average Bonchev–Trinajstić information content (AvgIpc) is 3.21. The number of carbonyl (C=O) groups excluding carboxylic acids is 5. The van der Waals surface area contributed by atoms with Crippen molar-refractivity contribution >= 4 is 28.9 Å². The number of benzene rings is 5. The molecule has 262 valence electrons. The zero-order valence-electron chi connectivity index (χ0n) is 27.2. The first-order valence-electron chi connectivity index (χ1n) is 16.0. The van der Waals surface area contributed by atoms with Gasteiger partial charge in [0, 0.05) is 27.8 Å². The maximum atomic E-state index is 15.0. The normalized spacial score (nSPS) is 28.4. The van der Waals surface area contributed by atoms with Gasteiger partial charge >= 0.3 is 0 Å². The Kier molecular flexibility index (Phi) is 9.06. The zero-order chi connectivity index (χ0) is 37.5. The van der Waals surface area contributed by atoms with E-state index in [9.17, 15) is 49.8 Å². The number of Topliss-reactive ketones (excluding diaryl/α,β-unsaturated/α-hetero) is 5. The van der Waals surface area contributed by atoms with Crippen LogP contribution in [0.1, 0.15) is 51.8 Å². The number of carbonyl (C=O) groups is 5. The van der Waals surface area contributed by atoms with Crippen molar-refractivity contribution in [2.45, 2.75) is 34.1 Å². The second kappa shape index (κ2) is 13.1. The van der Waals surface area contributed by atoms with E-state index in [2.05, 4.69) is 0 Å². The standard InChI is InChI=1S/C41H32O11/c42-31(26-16-6-1-7-17-26)37(48)36(47)38(49,32(43)27-18-8-2-9-19-27)40(51,34(45)29-22-12-4-13-23-29)41(52,35(46)30-24-14-5-15-25-30)39(37,50)33(44)28-20-10-3-11-21-28/h1-25,36,47-52H/t36?,37-,38-,39-,40+,41?/m1/s1. The molecule has 0 aliphatic heterocycles. The summed E-state index contributed by atoms with van der Waals surface area (Å²) in [6.07, 6.45) is -3.51. The minimum absolute atomic E-state index is 0.535. The van der Waals surface area contributed by atoms with Gasteiger partial charge in [0.05, 0.1) is 0 Å². The molecule has 1 saturated carbocycles. The summed E-state index contributed by atoms with van der Waals surface area (Å²) in [5, 5.41) is 77.5. The maximum absolute atomic E-state index is 15.0. The van der Waals surface area contributed by atoms with Crippen LogP contribution in [0.25, 0.3) is 0 Å². The fraction of sp³-hybridized carbons (Fsp3) is 0.146. The molecule has 0 saturated heterocycles. The summed E-state index contributed by atoms with van der Waals surface area (Å²) in [6.45, 7) is 0. The number of hydrogen-bond acceptors (Lipinski definition) is 11. The van der Waals surface area contributed by atoms with Crippen LogP contribution in [0, 0.1) is 0 Å². The lowest BCUT2D eigenvalue weighted by Crippen LogP contribution is -2.98. The van der Waals surface area contributed by atoms with E-state index >= 15 is 4.79 Å². The molecule has 11 nitrogen and oxygen atoms in total. The van der Waals surface area contributed by atoms with Gasteiger partial charge < -0.3 is 30.6 Å². The molecule has 52 heavy (non-hydrogen) atoms. The highest BCUT2D eigenvalue weighted by Gasteiger charge is 2.92. The molecule has 6 atom stereocenters. The SMILES string of the molecule is O=C(c1ccccc1)C1(O)[C@](O)(C(=O)c2ccccc2)[C@@](O)(C(=O)c2ccccc2)C(O)[C@](O)(C(=O)c2ccccc2)[C@]1(O)C(=O)c1ccccc1. The summed E-state index contributed by atoms with van der Waals surface area (Å²) in [7, 11) is 0. The zero-order valence-corrected chi connectivity index (χ0v) is 27.2. The summed E-state index contributed by atoms with van der Waals surface area (Å²) >= 11 is 0. The third-order valence-electron chi connectivity index (χ3n) is 9.80. The van der Waals surface area contributed by atoms with Gasteiger partial charge in [0.15, 0.2) is 11.2 Å². The van der Waals surface area contributed by atoms with Crippen LogP contribution in [-0.2, 0) is 0 Å². The lowest BCUT2D eigenvalue weighted by molar-refractivity contribution is -0.335. The van der Waals surface area contributed by atoms with E-state index in [1.54, 1.807) is 0 Å². The first kappa shape index (κ1) is 36.0. The van der Waals surface area contributed by atoms with Gasteiger partial charge in [-0.3, -0.25) is 24.0 Å². The fourth-order valence-electron chi connectivity index (χ4n) is 7.11. The fourth-order valence-corrected chi connectivity index (χ4v) is 7.11. The molecule has 0 aromatic heterocycles. The van der Waals surface area contributed by atoms with Gasteiger partial charge in [0.2, 0.25) is 45.7 Å². The average molecular weight is 701 g/mol. The lowest BCUT2D eigenvalue weighted by atomic mass is 9.43. The largest absolute Gasteiger partial charge is 0.386 e. The third-order valence-corrected chi connectivity index (χ3v) is 9.80. The van der Waals surface area contributed by atoms with Gasteiger partial charge in [0.1, 0.15) is 6.10 Å². The van der Waals surface area contributed by atoms with Crippen LogP contribution in [0.15, 0.2) is 152 Å². The van der Waals surface area contributed by atoms with Gasteiger partial charge in [-0.05, 0) is 0 Å². The van der Waals surface area contributed by atoms with Gasteiger partial charge in [0.25, 0.3) is 0 Å². The van der Waals surface area contributed by atoms with E-state index in [0.29, 0.717) is 0 Å². The molecule has 5 aromatic rings. The molecular formula is C41H32O11. The van der Waals surface area contributed by atoms with Crippen molar-refractivity contribution in [1.29, 1.82) is 0 Å². The second-order valence-electron chi connectivity index (χ2n) is 12.5. The van der Waals surface area contributed by atoms with Gasteiger partial charge in [-0.25, -0.2) is 0 Å². The molecule has 2 unspecified atom stereocenters. The highest BCUT2D eigenvalue weighted by Crippen LogP contribution is 2.58. The lowest BCUT2D eigenvalue weighted by Gasteiger charge is -2.65. The number of ketones is 5. The Morgan fingerprint density at radius 3 is 0.750 bits per heavy atom.